The number of nitrogens with two attached hydrogens (primary N) is 1. The summed E-state index contributed by atoms with van der Waals surface area (Å²) in [5.74, 6) is -0.327. The van der Waals surface area contributed by atoms with E-state index in [0.717, 1.165) is 78.0 Å². The molecule has 6 aromatic carbocycles. The fourth-order valence-electron chi connectivity index (χ4n) is 10.3. The van der Waals surface area contributed by atoms with Crippen LogP contribution in [-0.4, -0.2) is 104 Å². The van der Waals surface area contributed by atoms with Gasteiger partial charge in [0.15, 0.2) is 5.82 Å². The van der Waals surface area contributed by atoms with Gasteiger partial charge in [-0.3, -0.25) is 10.1 Å². The molecule has 0 spiro atoms. The summed E-state index contributed by atoms with van der Waals surface area (Å²) >= 11 is 0. The average Bonchev–Trinajstić information content (AvgIpc) is 1.67. The first-order chi connectivity index (χ1) is 44.2. The molecular formula is C71H94B2N10O9Si. The second kappa shape index (κ2) is 35.8. The third kappa shape index (κ3) is 21.7. The van der Waals surface area contributed by atoms with Crippen LogP contribution < -0.4 is 11.1 Å². The molecule has 22 heteroatoms. The van der Waals surface area contributed by atoms with Crippen molar-refractivity contribution < 1.29 is 42.5 Å². The van der Waals surface area contributed by atoms with Gasteiger partial charge in [-0.1, -0.05) is 221 Å². The summed E-state index contributed by atoms with van der Waals surface area (Å²) in [7, 11) is 0.807. The van der Waals surface area contributed by atoms with Gasteiger partial charge in [0.25, 0.3) is 0 Å². The fraction of sp³-hybridized carbons (Fsp3) is 0.423. The van der Waals surface area contributed by atoms with Gasteiger partial charge in [0.2, 0.25) is 0 Å². The highest BCUT2D eigenvalue weighted by Crippen LogP contribution is 2.42. The molecule has 1 aromatic heterocycles. The number of rotatable bonds is 23. The summed E-state index contributed by atoms with van der Waals surface area (Å²) in [4.78, 5) is 37.9. The van der Waals surface area contributed by atoms with E-state index in [9.17, 15) is 14.4 Å². The molecule has 0 amide bonds. The lowest BCUT2D eigenvalue weighted by Gasteiger charge is -2.40. The highest BCUT2D eigenvalue weighted by Gasteiger charge is 2.51. The number of nitrogens with zero attached hydrogens (tertiary/aromatic N) is 8. The number of unbranched alkanes of at least 4 members (excludes halogenated alkanes) is 3. The number of nitrogens with one attached hydrogen (secondary N) is 1. The van der Waals surface area contributed by atoms with Crippen LogP contribution in [0.15, 0.2) is 187 Å². The van der Waals surface area contributed by atoms with Gasteiger partial charge in [0.1, 0.15) is 21.1 Å². The Balaban J connectivity index is 0.000000261. The van der Waals surface area contributed by atoms with Gasteiger partial charge in [-0.2, -0.15) is 0 Å². The minimum atomic E-state index is -1.45. The number of carbonyl (C=O) groups is 3. The highest BCUT2D eigenvalue weighted by molar-refractivity contribution is 6.74. The van der Waals surface area contributed by atoms with E-state index < -0.39 is 31.3 Å². The number of benzene rings is 6. The van der Waals surface area contributed by atoms with Crippen molar-refractivity contribution >= 4 is 40.7 Å². The lowest BCUT2D eigenvalue weighted by atomic mass is 9.76. The molecular weight excluding hydrogens is 1190 g/mol. The molecule has 1 atom stereocenters. The Kier molecular flexibility index (Phi) is 29.1. The minimum Gasteiger partial charge on any atom is -0.468 e. The smallest absolute Gasteiger partial charge is 0.457 e. The summed E-state index contributed by atoms with van der Waals surface area (Å²) in [6, 6.07) is 61.6. The standard InChI is InChI=1S/C34H42BN5O4.C19H17N.C11H21BO3.C4H5NO2.C3H9N3Si/c1-32(2)33(3,4)44-35(43-32)24-16-15-23-29(31-37-38-39-40(31)25-30(41)42-5)36-34(26-17-9-6-10-18-26,27-19-11-7-12-20-27)28-21-13-8-14-22-28;20-19(16-10-4-1-5-11-16,17-12-6-2-7-13-17)18-14-8-3-9-15-18;1-10(2)11(3,4)15-12(14-10)8-6-5-7-9-13;1-5-3-4(6)7-2;1-7(2,3)6-5-4/h6-14,17-22,29,36H,15-16,23-25H2,1-5H3;1-15H,20H2;9H,5-8H2,1-4H3;3H2,2H3;1-3H3. The molecule has 2 saturated heterocycles. The zero-order chi connectivity index (χ0) is 68.2. The van der Waals surface area contributed by atoms with E-state index in [2.05, 4.69) is 205 Å². The van der Waals surface area contributed by atoms with Crippen molar-refractivity contribution in [3.05, 3.63) is 243 Å². The number of tetrazole rings is 1. The molecule has 3 heterocycles. The zero-order valence-corrected chi connectivity index (χ0v) is 57.5. The number of ether oxygens (including phenoxy) is 2. The van der Waals surface area contributed by atoms with E-state index >= 15 is 0 Å². The van der Waals surface area contributed by atoms with E-state index in [1.165, 1.54) is 18.9 Å². The summed E-state index contributed by atoms with van der Waals surface area (Å²) in [5.41, 5.74) is 18.7. The number of hydrogen-bond donors (Lipinski definition) is 2. The first kappa shape index (κ1) is 75.6. The quantitative estimate of drug-likeness (QED) is 0.00697. The Morgan fingerprint density at radius 3 is 1.28 bits per heavy atom. The number of aldehydes is 1. The van der Waals surface area contributed by atoms with Crippen molar-refractivity contribution in [1.82, 2.24) is 25.5 Å². The maximum absolute atomic E-state index is 12.3. The molecule has 2 aliphatic rings. The summed E-state index contributed by atoms with van der Waals surface area (Å²) in [6.07, 6.45) is 7.58. The Labute approximate surface area is 552 Å². The van der Waals surface area contributed by atoms with Crippen molar-refractivity contribution in [2.75, 3.05) is 20.8 Å². The number of carbonyl (C=O) groups excluding carboxylic acids is 3. The van der Waals surface area contributed by atoms with Gasteiger partial charge in [-0.15, -0.1) is 9.88 Å². The van der Waals surface area contributed by atoms with E-state index in [-0.39, 0.29) is 55.8 Å². The Morgan fingerprint density at radius 1 is 0.624 bits per heavy atom. The van der Waals surface area contributed by atoms with Crippen LogP contribution in [0.25, 0.3) is 15.3 Å². The second-order valence-corrected chi connectivity index (χ2v) is 30.1. The van der Waals surface area contributed by atoms with E-state index in [1.807, 2.05) is 92.4 Å². The van der Waals surface area contributed by atoms with Crippen molar-refractivity contribution in [3.8, 4) is 0 Å². The monoisotopic (exact) mass is 1280 g/mol. The first-order valence-corrected chi connectivity index (χ1v) is 35.0. The third-order valence-electron chi connectivity index (χ3n) is 16.7. The Bertz CT molecular complexity index is 3220. The SMILES string of the molecule is CC1(C)OB(CCCCC=O)OC1(C)C.COC(=O)Cn1nnnc1C(CCCCB1OC(C)(C)C(C)(C)O1)NC(c1ccccc1)(c1ccccc1)c1ccccc1.C[Si](C)(C)N=[N+]=[N-].NC(c1ccccc1)(c1ccccc1)c1ccccc1.[C-]#[N+]CC(=O)OC. The maximum Gasteiger partial charge on any atom is 0.457 e. The van der Waals surface area contributed by atoms with Crippen LogP contribution in [0.2, 0.25) is 32.3 Å². The molecule has 3 N–H and O–H groups in total. The van der Waals surface area contributed by atoms with Gasteiger partial charge < -0.3 is 43.5 Å². The number of esters is 2. The van der Waals surface area contributed by atoms with Crippen LogP contribution in [0.4, 0.5) is 0 Å². The van der Waals surface area contributed by atoms with Crippen molar-refractivity contribution in [1.29, 1.82) is 0 Å². The predicted molar refractivity (Wildman–Crippen MR) is 370 cm³/mol. The van der Waals surface area contributed by atoms with E-state index in [4.69, 9.17) is 41.2 Å². The summed E-state index contributed by atoms with van der Waals surface area (Å²) in [6.45, 7) is 28.4. The van der Waals surface area contributed by atoms with E-state index in [1.54, 1.807) is 0 Å². The van der Waals surface area contributed by atoms with Crippen molar-refractivity contribution in [2.45, 2.75) is 172 Å². The number of hydrogen-bond acceptors (Lipinski definition) is 15. The molecule has 2 fully saturated rings. The number of azide groups is 1. The molecule has 0 aliphatic carbocycles. The molecule has 19 nitrogen and oxygen atoms in total. The molecule has 492 valence electrons. The van der Waals surface area contributed by atoms with E-state index in [0.29, 0.717) is 18.7 Å². The summed E-state index contributed by atoms with van der Waals surface area (Å²) < 4.78 is 38.4. The van der Waals surface area contributed by atoms with Crippen LogP contribution in [0.3, 0.4) is 0 Å². The molecule has 93 heavy (non-hydrogen) atoms. The van der Waals surface area contributed by atoms with Crippen molar-refractivity contribution in [2.24, 2.45) is 10.5 Å². The predicted octanol–water partition coefficient (Wildman–Crippen LogP) is 14.3. The largest absolute Gasteiger partial charge is 0.468 e. The fourth-order valence-corrected chi connectivity index (χ4v) is 10.6. The lowest BCUT2D eigenvalue weighted by molar-refractivity contribution is -0.141. The van der Waals surface area contributed by atoms with Gasteiger partial charge in [-0.05, 0) is 135 Å². The average molecular weight is 1280 g/mol. The first-order valence-electron chi connectivity index (χ1n) is 31.6. The van der Waals surface area contributed by atoms with Crippen molar-refractivity contribution in [3.63, 3.8) is 0 Å². The second-order valence-electron chi connectivity index (χ2n) is 25.6. The topological polar surface area (TPSA) is 241 Å². The summed E-state index contributed by atoms with van der Waals surface area (Å²) in [5, 5.41) is 16.6. The third-order valence-corrected chi connectivity index (χ3v) is 17.3. The molecule has 0 bridgehead atoms. The van der Waals surface area contributed by atoms with Crippen LogP contribution >= 0.6 is 0 Å². The molecule has 9 rings (SSSR count). The molecule has 7 aromatic rings. The number of methoxy groups -OCH3 is 2. The number of aromatic nitrogens is 4. The molecule has 1 unspecified atom stereocenters. The van der Waals surface area contributed by atoms with Crippen LogP contribution in [0.5, 0.6) is 0 Å². The van der Waals surface area contributed by atoms with Crippen LogP contribution in [0.1, 0.15) is 139 Å². The maximum atomic E-state index is 12.3. The van der Waals surface area contributed by atoms with Gasteiger partial charge in [-0.25, -0.2) is 16.0 Å². The Morgan fingerprint density at radius 2 is 0.978 bits per heavy atom. The minimum absolute atomic E-state index is 0.0834. The zero-order valence-electron chi connectivity index (χ0n) is 56.5. The van der Waals surface area contributed by atoms with Gasteiger partial charge in [0.05, 0.1) is 53.7 Å². The Hall–Kier alpha value is -8.09. The highest BCUT2D eigenvalue weighted by atomic mass is 28.3. The molecule has 2 aliphatic heterocycles. The van der Waals surface area contributed by atoms with Gasteiger partial charge >= 0.3 is 32.7 Å². The van der Waals surface area contributed by atoms with Crippen LogP contribution in [-0.2, 0) is 60.1 Å². The molecule has 0 radical (unpaired) electrons. The molecule has 0 saturated carbocycles. The normalized spacial score (nSPS) is 15.2. The lowest BCUT2D eigenvalue weighted by Crippen LogP contribution is -2.47. The van der Waals surface area contributed by atoms with Gasteiger partial charge in [0, 0.05) is 6.42 Å². The van der Waals surface area contributed by atoms with Crippen LogP contribution in [0, 0.1) is 6.57 Å².